The van der Waals surface area contributed by atoms with Crippen molar-refractivity contribution in [2.45, 2.75) is 57.0 Å². The van der Waals surface area contributed by atoms with Gasteiger partial charge in [0.15, 0.2) is 0 Å². The maximum atomic E-state index is 12.2. The van der Waals surface area contributed by atoms with Crippen molar-refractivity contribution in [3.05, 3.63) is 0 Å². The lowest BCUT2D eigenvalue weighted by Crippen LogP contribution is -2.68. The Labute approximate surface area is 96.4 Å². The van der Waals surface area contributed by atoms with E-state index in [0.29, 0.717) is 0 Å². The number of likely N-dealkylation sites (N-methyl/N-ethyl adjacent to an activating group) is 1. The van der Waals surface area contributed by atoms with E-state index >= 15 is 0 Å². The Kier molecular flexibility index (Phi) is 2.91. The molecule has 2 aliphatic rings. The summed E-state index contributed by atoms with van der Waals surface area (Å²) in [5.41, 5.74) is -0.526. The molecule has 1 N–H and O–H groups in total. The summed E-state index contributed by atoms with van der Waals surface area (Å²) in [6, 6.07) is -0.297. The highest BCUT2D eigenvalue weighted by Crippen LogP contribution is 2.37. The molecule has 2 amide bonds. The molecule has 1 atom stereocenters. The first-order valence-corrected chi connectivity index (χ1v) is 6.20. The second-order valence-corrected chi connectivity index (χ2v) is 4.95. The highest BCUT2D eigenvalue weighted by Gasteiger charge is 2.51. The van der Waals surface area contributed by atoms with Crippen molar-refractivity contribution < 1.29 is 9.59 Å². The van der Waals surface area contributed by atoms with Crippen molar-refractivity contribution >= 4 is 11.8 Å². The molecular weight excluding hydrogens is 204 g/mol. The number of rotatable bonds is 2. The van der Waals surface area contributed by atoms with E-state index in [1.165, 1.54) is 0 Å². The van der Waals surface area contributed by atoms with E-state index in [-0.39, 0.29) is 17.9 Å². The minimum Gasteiger partial charge on any atom is -0.342 e. The molecule has 1 aliphatic heterocycles. The van der Waals surface area contributed by atoms with Gasteiger partial charge >= 0.3 is 0 Å². The van der Waals surface area contributed by atoms with Gasteiger partial charge < -0.3 is 10.2 Å². The third-order valence-corrected chi connectivity index (χ3v) is 4.01. The van der Waals surface area contributed by atoms with Crippen LogP contribution in [0.1, 0.15) is 45.4 Å². The minimum absolute atomic E-state index is 0.0607. The zero-order valence-corrected chi connectivity index (χ0v) is 10.1. The van der Waals surface area contributed by atoms with Gasteiger partial charge in [-0.2, -0.15) is 0 Å². The van der Waals surface area contributed by atoms with E-state index in [0.717, 1.165) is 38.5 Å². The lowest BCUT2D eigenvalue weighted by molar-refractivity contribution is -0.155. The molecule has 4 nitrogen and oxygen atoms in total. The van der Waals surface area contributed by atoms with Crippen molar-refractivity contribution in [2.24, 2.45) is 0 Å². The second kappa shape index (κ2) is 4.07. The van der Waals surface area contributed by atoms with E-state index in [2.05, 4.69) is 5.32 Å². The lowest BCUT2D eigenvalue weighted by atomic mass is 9.89. The fourth-order valence-corrected chi connectivity index (χ4v) is 2.96. The molecule has 0 aromatic rings. The van der Waals surface area contributed by atoms with Gasteiger partial charge in [0.25, 0.3) is 0 Å². The molecule has 0 aromatic carbocycles. The molecule has 1 saturated heterocycles. The minimum atomic E-state index is -0.526. The van der Waals surface area contributed by atoms with Crippen LogP contribution in [0.3, 0.4) is 0 Å². The normalized spacial score (nSPS) is 28.6. The average molecular weight is 224 g/mol. The van der Waals surface area contributed by atoms with Crippen LogP contribution < -0.4 is 5.32 Å². The van der Waals surface area contributed by atoms with Gasteiger partial charge in [-0.1, -0.05) is 26.2 Å². The Balaban J connectivity index is 2.21. The highest BCUT2D eigenvalue weighted by atomic mass is 16.2. The van der Waals surface area contributed by atoms with Crippen LogP contribution in [0.4, 0.5) is 0 Å². The molecule has 0 radical (unpaired) electrons. The summed E-state index contributed by atoms with van der Waals surface area (Å²) in [6.07, 6.45) is 5.38. The SMILES string of the molecule is CCCC1NC(=O)C2(CCCC2)N(C)C1=O. The largest absolute Gasteiger partial charge is 0.342 e. The maximum absolute atomic E-state index is 12.2. The molecule has 4 heteroatoms. The van der Waals surface area contributed by atoms with Crippen LogP contribution in [0.2, 0.25) is 0 Å². The molecule has 1 spiro atoms. The first-order valence-electron chi connectivity index (χ1n) is 6.20. The van der Waals surface area contributed by atoms with Crippen LogP contribution in [0.5, 0.6) is 0 Å². The first kappa shape index (κ1) is 11.4. The Hall–Kier alpha value is -1.06. The topological polar surface area (TPSA) is 49.4 Å². The summed E-state index contributed by atoms with van der Waals surface area (Å²) < 4.78 is 0. The number of piperazine rings is 1. The number of nitrogens with zero attached hydrogens (tertiary/aromatic N) is 1. The van der Waals surface area contributed by atoms with E-state index in [4.69, 9.17) is 0 Å². The quantitative estimate of drug-likeness (QED) is 0.762. The van der Waals surface area contributed by atoms with Gasteiger partial charge in [0.2, 0.25) is 11.8 Å². The van der Waals surface area contributed by atoms with Crippen molar-refractivity contribution in [1.82, 2.24) is 10.2 Å². The molecule has 16 heavy (non-hydrogen) atoms. The van der Waals surface area contributed by atoms with E-state index < -0.39 is 5.54 Å². The molecule has 1 heterocycles. The summed E-state index contributed by atoms with van der Waals surface area (Å²) in [4.78, 5) is 26.0. The van der Waals surface area contributed by atoms with Gasteiger partial charge in [-0.15, -0.1) is 0 Å². The molecular formula is C12H20N2O2. The van der Waals surface area contributed by atoms with Crippen molar-refractivity contribution in [2.75, 3.05) is 7.05 Å². The van der Waals surface area contributed by atoms with Crippen LogP contribution in [-0.4, -0.2) is 35.3 Å². The summed E-state index contributed by atoms with van der Waals surface area (Å²) >= 11 is 0. The number of hydrogen-bond donors (Lipinski definition) is 1. The Morgan fingerprint density at radius 3 is 2.56 bits per heavy atom. The zero-order valence-electron chi connectivity index (χ0n) is 10.1. The number of carbonyl (C=O) groups is 2. The van der Waals surface area contributed by atoms with Gasteiger partial charge in [0, 0.05) is 7.05 Å². The monoisotopic (exact) mass is 224 g/mol. The number of hydrogen-bond acceptors (Lipinski definition) is 2. The molecule has 2 fully saturated rings. The van der Waals surface area contributed by atoms with Gasteiger partial charge in [-0.3, -0.25) is 9.59 Å². The Bertz CT molecular complexity index is 308. The standard InChI is InChI=1S/C12H20N2O2/c1-3-6-9-10(15)14(2)12(11(16)13-9)7-4-5-8-12/h9H,3-8H2,1-2H3,(H,13,16). The number of carbonyl (C=O) groups excluding carboxylic acids is 2. The maximum Gasteiger partial charge on any atom is 0.246 e. The lowest BCUT2D eigenvalue weighted by Gasteiger charge is -2.44. The van der Waals surface area contributed by atoms with Gasteiger partial charge in [0.1, 0.15) is 11.6 Å². The number of nitrogens with one attached hydrogen (secondary N) is 1. The molecule has 1 unspecified atom stereocenters. The van der Waals surface area contributed by atoms with Gasteiger partial charge in [0.05, 0.1) is 0 Å². The fraction of sp³-hybridized carbons (Fsp3) is 0.833. The predicted octanol–water partition coefficient (Wildman–Crippen LogP) is 1.06. The fourth-order valence-electron chi connectivity index (χ4n) is 2.96. The predicted molar refractivity (Wildman–Crippen MR) is 60.8 cm³/mol. The number of amides is 2. The smallest absolute Gasteiger partial charge is 0.246 e. The second-order valence-electron chi connectivity index (χ2n) is 4.95. The van der Waals surface area contributed by atoms with Crippen molar-refractivity contribution in [1.29, 1.82) is 0 Å². The molecule has 0 aromatic heterocycles. The zero-order chi connectivity index (χ0) is 11.8. The Morgan fingerprint density at radius 2 is 2.00 bits per heavy atom. The molecule has 1 saturated carbocycles. The molecule has 1 aliphatic carbocycles. The van der Waals surface area contributed by atoms with Gasteiger partial charge in [-0.05, 0) is 19.3 Å². The summed E-state index contributed by atoms with van der Waals surface area (Å²) in [7, 11) is 1.79. The van der Waals surface area contributed by atoms with Crippen LogP contribution in [0.15, 0.2) is 0 Å². The third kappa shape index (κ3) is 1.51. The van der Waals surface area contributed by atoms with Crippen LogP contribution in [0.25, 0.3) is 0 Å². The van der Waals surface area contributed by atoms with E-state index in [1.807, 2.05) is 6.92 Å². The third-order valence-electron chi connectivity index (χ3n) is 4.01. The summed E-state index contributed by atoms with van der Waals surface area (Å²) in [5.74, 6) is 0.147. The molecule has 2 rings (SSSR count). The summed E-state index contributed by atoms with van der Waals surface area (Å²) in [6.45, 7) is 2.03. The van der Waals surface area contributed by atoms with Crippen LogP contribution >= 0.6 is 0 Å². The van der Waals surface area contributed by atoms with E-state index in [9.17, 15) is 9.59 Å². The van der Waals surface area contributed by atoms with Crippen LogP contribution in [-0.2, 0) is 9.59 Å². The Morgan fingerprint density at radius 1 is 1.38 bits per heavy atom. The first-order chi connectivity index (χ1) is 7.62. The van der Waals surface area contributed by atoms with Crippen LogP contribution in [0, 0.1) is 0 Å². The average Bonchev–Trinajstić information content (AvgIpc) is 2.74. The summed E-state index contributed by atoms with van der Waals surface area (Å²) in [5, 5.41) is 2.90. The van der Waals surface area contributed by atoms with Crippen molar-refractivity contribution in [3.63, 3.8) is 0 Å². The van der Waals surface area contributed by atoms with Crippen molar-refractivity contribution in [3.8, 4) is 0 Å². The molecule has 0 bridgehead atoms. The van der Waals surface area contributed by atoms with E-state index in [1.54, 1.807) is 11.9 Å². The van der Waals surface area contributed by atoms with Gasteiger partial charge in [-0.25, -0.2) is 0 Å². The molecule has 90 valence electrons. The highest BCUT2D eigenvalue weighted by molar-refractivity contribution is 5.99.